The quantitative estimate of drug-likeness (QED) is 0.607. The van der Waals surface area contributed by atoms with Crippen molar-refractivity contribution in [2.75, 3.05) is 4.90 Å². The molecule has 0 bridgehead atoms. The number of para-hydroxylation sites is 1. The lowest BCUT2D eigenvalue weighted by molar-refractivity contribution is -0.124. The number of amides is 2. The van der Waals surface area contributed by atoms with Gasteiger partial charge in [-0.15, -0.1) is 5.10 Å². The van der Waals surface area contributed by atoms with Gasteiger partial charge in [-0.3, -0.25) is 14.5 Å². The van der Waals surface area contributed by atoms with Crippen LogP contribution in [0.25, 0.3) is 0 Å². The number of aromatic nitrogens is 2. The highest BCUT2D eigenvalue weighted by atomic mass is 32.1. The molecule has 156 valence electrons. The highest BCUT2D eigenvalue weighted by molar-refractivity contribution is 7.03. The van der Waals surface area contributed by atoms with Crippen molar-refractivity contribution in [1.29, 1.82) is 0 Å². The molecule has 1 heterocycles. The lowest BCUT2D eigenvalue weighted by Gasteiger charge is -2.34. The van der Waals surface area contributed by atoms with E-state index >= 15 is 0 Å². The van der Waals surface area contributed by atoms with E-state index in [4.69, 9.17) is 0 Å². The third-order valence-corrected chi connectivity index (χ3v) is 5.55. The van der Waals surface area contributed by atoms with Crippen LogP contribution in [0.15, 0.2) is 60.0 Å². The minimum atomic E-state index is -0.854. The third-order valence-electron chi connectivity index (χ3n) is 5.04. The van der Waals surface area contributed by atoms with Gasteiger partial charge in [0.15, 0.2) is 5.69 Å². The number of anilines is 1. The first kappa shape index (κ1) is 21.6. The molecule has 0 spiro atoms. The van der Waals surface area contributed by atoms with Crippen LogP contribution in [0.1, 0.15) is 54.8 Å². The Hall–Kier alpha value is -3.06. The van der Waals surface area contributed by atoms with E-state index in [1.807, 2.05) is 82.3 Å². The average molecular weight is 423 g/mol. The maximum atomic E-state index is 13.6. The summed E-state index contributed by atoms with van der Waals surface area (Å²) >= 11 is 1.10. The maximum Gasteiger partial charge on any atom is 0.280 e. The fourth-order valence-electron chi connectivity index (χ4n) is 3.10. The molecule has 1 atom stereocenters. The second-order valence-corrected chi connectivity index (χ2v) is 8.45. The molecule has 1 aromatic heterocycles. The van der Waals surface area contributed by atoms with Crippen LogP contribution in [0.2, 0.25) is 0 Å². The average Bonchev–Trinajstić information content (AvgIpc) is 3.26. The predicted octanol–water partition coefficient (Wildman–Crippen LogP) is 4.54. The lowest BCUT2D eigenvalue weighted by atomic mass is 9.97. The maximum absolute atomic E-state index is 13.6. The summed E-state index contributed by atoms with van der Waals surface area (Å²) in [6.07, 6.45) is 0.758. The fourth-order valence-corrected chi connectivity index (χ4v) is 3.53. The number of carbonyl (C=O) groups is 2. The van der Waals surface area contributed by atoms with Gasteiger partial charge in [0.05, 0.1) is 0 Å². The molecule has 3 rings (SSSR count). The monoisotopic (exact) mass is 422 g/mol. The van der Waals surface area contributed by atoms with Crippen molar-refractivity contribution >= 4 is 29.0 Å². The second kappa shape index (κ2) is 9.17. The Morgan fingerprint density at radius 1 is 1.13 bits per heavy atom. The van der Waals surface area contributed by atoms with E-state index < -0.39 is 11.6 Å². The van der Waals surface area contributed by atoms with Crippen molar-refractivity contribution in [3.05, 3.63) is 76.8 Å². The first-order chi connectivity index (χ1) is 14.3. The van der Waals surface area contributed by atoms with Gasteiger partial charge in [0.2, 0.25) is 5.91 Å². The van der Waals surface area contributed by atoms with Crippen molar-refractivity contribution in [1.82, 2.24) is 14.9 Å². The molecule has 2 aromatic carbocycles. The van der Waals surface area contributed by atoms with Gasteiger partial charge in [-0.25, -0.2) is 0 Å². The SMILES string of the molecule is CCC(C)(C)NC(=O)[C@H](c1cccc(C)c1)N(C(=O)c1csnn1)c1ccccc1. The van der Waals surface area contributed by atoms with E-state index in [9.17, 15) is 9.59 Å². The van der Waals surface area contributed by atoms with Gasteiger partial charge in [0.1, 0.15) is 6.04 Å². The highest BCUT2D eigenvalue weighted by Crippen LogP contribution is 2.30. The molecule has 0 fully saturated rings. The summed E-state index contributed by atoms with van der Waals surface area (Å²) in [5, 5.41) is 8.66. The largest absolute Gasteiger partial charge is 0.349 e. The molecule has 0 saturated heterocycles. The molecule has 0 aliphatic carbocycles. The standard InChI is InChI=1S/C23H26N4O2S/c1-5-23(3,4)24-21(28)20(17-11-9-10-16(2)14-17)27(18-12-7-6-8-13-18)22(29)19-15-30-26-25-19/h6-15,20H,5H2,1-4H3,(H,24,28)/t20-/m0/s1. The van der Waals surface area contributed by atoms with E-state index in [1.54, 1.807) is 5.38 Å². The van der Waals surface area contributed by atoms with E-state index in [0.29, 0.717) is 5.69 Å². The zero-order valence-electron chi connectivity index (χ0n) is 17.6. The summed E-state index contributed by atoms with van der Waals surface area (Å²) in [6.45, 7) is 7.92. The Kier molecular flexibility index (Phi) is 6.62. The molecule has 30 heavy (non-hydrogen) atoms. The van der Waals surface area contributed by atoms with Crippen molar-refractivity contribution < 1.29 is 9.59 Å². The smallest absolute Gasteiger partial charge is 0.280 e. The van der Waals surface area contributed by atoms with E-state index in [-0.39, 0.29) is 17.5 Å². The molecule has 0 aliphatic rings. The molecule has 7 heteroatoms. The van der Waals surface area contributed by atoms with Gasteiger partial charge in [0, 0.05) is 16.6 Å². The van der Waals surface area contributed by atoms with E-state index in [0.717, 1.165) is 29.1 Å². The Balaban J connectivity index is 2.15. The molecular weight excluding hydrogens is 396 g/mol. The van der Waals surface area contributed by atoms with Crippen molar-refractivity contribution in [3.8, 4) is 0 Å². The molecule has 0 saturated carbocycles. The van der Waals surface area contributed by atoms with Crippen LogP contribution in [-0.2, 0) is 4.79 Å². The Bertz CT molecular complexity index is 1000. The lowest BCUT2D eigenvalue weighted by Crippen LogP contribution is -2.50. The number of rotatable bonds is 7. The molecule has 1 N–H and O–H groups in total. The number of hydrogen-bond acceptors (Lipinski definition) is 5. The molecular formula is C23H26N4O2S. The van der Waals surface area contributed by atoms with Gasteiger partial charge in [-0.05, 0) is 56.4 Å². The second-order valence-electron chi connectivity index (χ2n) is 7.84. The molecule has 0 unspecified atom stereocenters. The van der Waals surface area contributed by atoms with Crippen LogP contribution in [-0.4, -0.2) is 26.9 Å². The number of nitrogens with zero attached hydrogens (tertiary/aromatic N) is 3. The van der Waals surface area contributed by atoms with Crippen molar-refractivity contribution in [2.45, 2.75) is 45.7 Å². The molecule has 2 amide bonds. The molecule has 3 aromatic rings. The Morgan fingerprint density at radius 2 is 1.87 bits per heavy atom. The summed E-state index contributed by atoms with van der Waals surface area (Å²) in [6, 6.07) is 16.0. The van der Waals surface area contributed by atoms with E-state index in [2.05, 4.69) is 14.9 Å². The normalized spacial score (nSPS) is 12.3. The van der Waals surface area contributed by atoms with Crippen molar-refractivity contribution in [3.63, 3.8) is 0 Å². The van der Waals surface area contributed by atoms with E-state index in [1.165, 1.54) is 4.90 Å². The van der Waals surface area contributed by atoms with Gasteiger partial charge < -0.3 is 5.32 Å². The number of carbonyl (C=O) groups excluding carboxylic acids is 2. The number of benzene rings is 2. The minimum Gasteiger partial charge on any atom is -0.349 e. The van der Waals surface area contributed by atoms with Crippen LogP contribution in [0, 0.1) is 6.92 Å². The highest BCUT2D eigenvalue weighted by Gasteiger charge is 2.36. The number of nitrogens with one attached hydrogen (secondary N) is 1. The topological polar surface area (TPSA) is 75.2 Å². The summed E-state index contributed by atoms with van der Waals surface area (Å²) in [4.78, 5) is 28.6. The van der Waals surface area contributed by atoms with Crippen LogP contribution in [0.3, 0.4) is 0 Å². The first-order valence-electron chi connectivity index (χ1n) is 9.86. The summed E-state index contributed by atoms with van der Waals surface area (Å²) in [5.41, 5.74) is 2.17. The predicted molar refractivity (Wildman–Crippen MR) is 120 cm³/mol. The minimum absolute atomic E-state index is 0.212. The van der Waals surface area contributed by atoms with Gasteiger partial charge in [-0.2, -0.15) is 0 Å². The molecule has 6 nitrogen and oxygen atoms in total. The van der Waals surface area contributed by atoms with Gasteiger partial charge >= 0.3 is 0 Å². The number of aryl methyl sites for hydroxylation is 1. The molecule has 0 radical (unpaired) electrons. The van der Waals surface area contributed by atoms with Crippen LogP contribution >= 0.6 is 11.5 Å². The summed E-state index contributed by atoms with van der Waals surface area (Å²) < 4.78 is 3.83. The zero-order chi connectivity index (χ0) is 21.7. The van der Waals surface area contributed by atoms with Crippen LogP contribution in [0.5, 0.6) is 0 Å². The molecule has 0 aliphatic heterocycles. The zero-order valence-corrected chi connectivity index (χ0v) is 18.4. The third kappa shape index (κ3) is 4.91. The number of hydrogen-bond donors (Lipinski definition) is 1. The van der Waals surface area contributed by atoms with Crippen LogP contribution in [0.4, 0.5) is 5.69 Å². The Labute approximate surface area is 181 Å². The Morgan fingerprint density at radius 3 is 2.47 bits per heavy atom. The van der Waals surface area contributed by atoms with Crippen molar-refractivity contribution in [2.24, 2.45) is 0 Å². The summed E-state index contributed by atoms with van der Waals surface area (Å²) in [7, 11) is 0. The fraction of sp³-hybridized carbons (Fsp3) is 0.304. The summed E-state index contributed by atoms with van der Waals surface area (Å²) in [5.74, 6) is -0.612. The first-order valence-corrected chi connectivity index (χ1v) is 10.7. The van der Waals surface area contributed by atoms with Gasteiger partial charge in [0.25, 0.3) is 5.91 Å². The van der Waals surface area contributed by atoms with Gasteiger partial charge in [-0.1, -0.05) is 59.4 Å². The van der Waals surface area contributed by atoms with Crippen LogP contribution < -0.4 is 10.2 Å².